The van der Waals surface area contributed by atoms with Gasteiger partial charge < -0.3 is 29.4 Å². The molecule has 6 nitrogen and oxygen atoms in total. The second-order valence-electron chi connectivity index (χ2n) is 16.3. The van der Waals surface area contributed by atoms with Gasteiger partial charge in [0.1, 0.15) is 24.4 Å². The summed E-state index contributed by atoms with van der Waals surface area (Å²) in [6, 6.07) is 41.1. The van der Waals surface area contributed by atoms with E-state index in [0.717, 1.165) is 41.5 Å². The van der Waals surface area contributed by atoms with E-state index in [1.165, 1.54) is 77.0 Å². The molecule has 0 spiro atoms. The number of ether oxygens (including phenoxy) is 5. The van der Waals surface area contributed by atoms with Crippen molar-refractivity contribution in [1.29, 1.82) is 0 Å². The van der Waals surface area contributed by atoms with Crippen LogP contribution in [0.25, 0.3) is 0 Å². The van der Waals surface area contributed by atoms with E-state index in [0.29, 0.717) is 33.0 Å². The maximum atomic E-state index is 7.05. The van der Waals surface area contributed by atoms with Crippen LogP contribution in [0.15, 0.2) is 133 Å². The maximum absolute atomic E-state index is 7.05. The molecule has 1 aliphatic rings. The molecule has 0 aliphatic carbocycles. The summed E-state index contributed by atoms with van der Waals surface area (Å²) in [6.45, 7) is 4.39. The monoisotopic (exact) mass is 804 g/mol. The van der Waals surface area contributed by atoms with Gasteiger partial charge in [0.25, 0.3) is 0 Å². The van der Waals surface area contributed by atoms with Crippen molar-refractivity contribution >= 4 is 0 Å². The molecule has 6 heteroatoms. The predicted molar refractivity (Wildman–Crippen MR) is 242 cm³/mol. The highest BCUT2D eigenvalue weighted by molar-refractivity contribution is 5.16. The summed E-state index contributed by atoms with van der Waals surface area (Å²) in [6.07, 6.45) is 21.4. The Morgan fingerprint density at radius 1 is 0.508 bits per heavy atom. The average molecular weight is 804 g/mol. The number of rotatable bonds is 30. The van der Waals surface area contributed by atoms with Gasteiger partial charge >= 0.3 is 0 Å². The van der Waals surface area contributed by atoms with Crippen molar-refractivity contribution in [3.63, 3.8) is 0 Å². The van der Waals surface area contributed by atoms with E-state index < -0.39 is 18.3 Å². The van der Waals surface area contributed by atoms with Crippen molar-refractivity contribution in [2.45, 2.75) is 166 Å². The molecule has 6 atom stereocenters. The van der Waals surface area contributed by atoms with Gasteiger partial charge in [0, 0.05) is 6.04 Å². The highest BCUT2D eigenvalue weighted by Crippen LogP contribution is 2.33. The smallest absolute Gasteiger partial charge is 0.115 e. The molecule has 59 heavy (non-hydrogen) atoms. The van der Waals surface area contributed by atoms with Crippen LogP contribution < -0.4 is 5.73 Å². The Labute approximate surface area is 356 Å². The number of hydrogen-bond acceptors (Lipinski definition) is 6. The summed E-state index contributed by atoms with van der Waals surface area (Å²) in [5.41, 5.74) is 11.2. The fourth-order valence-electron chi connectivity index (χ4n) is 7.94. The Kier molecular flexibility index (Phi) is 22.7. The molecule has 0 amide bonds. The summed E-state index contributed by atoms with van der Waals surface area (Å²) in [7, 11) is 0. The summed E-state index contributed by atoms with van der Waals surface area (Å²) < 4.78 is 34.1. The van der Waals surface area contributed by atoms with Crippen molar-refractivity contribution in [2.24, 2.45) is 5.73 Å². The molecule has 0 radical (unpaired) electrons. The largest absolute Gasteiger partial charge is 0.374 e. The first-order chi connectivity index (χ1) is 29.2. The van der Waals surface area contributed by atoms with E-state index in [1.807, 2.05) is 72.8 Å². The number of hydrogen-bond donors (Lipinski definition) is 1. The third kappa shape index (κ3) is 18.3. The Bertz CT molecular complexity index is 1620. The molecular formula is C53H73NO5. The lowest BCUT2D eigenvalue weighted by Crippen LogP contribution is -2.61. The molecule has 2 N–H and O–H groups in total. The van der Waals surface area contributed by atoms with Crippen LogP contribution in [0.5, 0.6) is 0 Å². The van der Waals surface area contributed by atoms with Crippen LogP contribution in [0.4, 0.5) is 0 Å². The molecular weight excluding hydrogens is 731 g/mol. The fourth-order valence-corrected chi connectivity index (χ4v) is 7.94. The molecule has 320 valence electrons. The number of allylic oxidation sites excluding steroid dienone is 1. The molecule has 4 aromatic carbocycles. The van der Waals surface area contributed by atoms with E-state index in [9.17, 15) is 0 Å². The molecule has 0 aromatic heterocycles. The standard InChI is InChI=1S/C53H73NO5/c1-2-3-4-5-6-7-8-9-10-11-12-13-14-27-36-48(54)37-38-49-51(56-40-45-30-21-16-22-31-45)53(58-42-47-34-25-18-26-35-47)52(57-41-46-32-23-17-24-33-46)50(59-49)43-55-39-44-28-19-15-20-29-44/h15-36,48-53H,2-14,37-43,54H2,1H3/b36-27-/t48-,49-,50-,51+,52+,53-/m1/s1. The SMILES string of the molecule is CCCCCCCCCCCCCC/C=C\[C@@H](N)CC[C@H]1O[C@H](COCc2ccccc2)[C@H](OCc2ccccc2)[C@H](OCc2ccccc2)[C@H]1OCc1ccccc1. The number of nitrogens with two attached hydrogens (primary N) is 1. The molecule has 0 bridgehead atoms. The zero-order valence-corrected chi connectivity index (χ0v) is 35.9. The Hall–Kier alpha value is -3.62. The predicted octanol–water partition coefficient (Wildman–Crippen LogP) is 12.5. The third-order valence-electron chi connectivity index (χ3n) is 11.4. The molecule has 1 heterocycles. The van der Waals surface area contributed by atoms with Crippen molar-refractivity contribution in [1.82, 2.24) is 0 Å². The lowest BCUT2D eigenvalue weighted by Gasteiger charge is -2.46. The lowest BCUT2D eigenvalue weighted by atomic mass is 9.91. The molecule has 1 aliphatic heterocycles. The maximum Gasteiger partial charge on any atom is 0.115 e. The quantitative estimate of drug-likeness (QED) is 0.0418. The van der Waals surface area contributed by atoms with Crippen LogP contribution >= 0.6 is 0 Å². The summed E-state index contributed by atoms with van der Waals surface area (Å²) in [5.74, 6) is 0. The van der Waals surface area contributed by atoms with E-state index in [2.05, 4.69) is 67.6 Å². The van der Waals surface area contributed by atoms with Gasteiger partial charge in [-0.25, -0.2) is 0 Å². The van der Waals surface area contributed by atoms with Gasteiger partial charge in [-0.15, -0.1) is 0 Å². The van der Waals surface area contributed by atoms with Crippen molar-refractivity contribution in [3.8, 4) is 0 Å². The van der Waals surface area contributed by atoms with Crippen LogP contribution in [-0.2, 0) is 50.1 Å². The minimum absolute atomic E-state index is 0.0748. The van der Waals surface area contributed by atoms with Crippen LogP contribution in [0.3, 0.4) is 0 Å². The minimum Gasteiger partial charge on any atom is -0.374 e. The van der Waals surface area contributed by atoms with Gasteiger partial charge in [-0.05, 0) is 47.9 Å². The average Bonchev–Trinajstić information content (AvgIpc) is 3.28. The fraction of sp³-hybridized carbons (Fsp3) is 0.509. The van der Waals surface area contributed by atoms with Gasteiger partial charge in [-0.1, -0.05) is 211 Å². The molecule has 4 aromatic rings. The van der Waals surface area contributed by atoms with Crippen LogP contribution in [0.2, 0.25) is 0 Å². The molecule has 5 rings (SSSR count). The zero-order chi connectivity index (χ0) is 41.0. The zero-order valence-electron chi connectivity index (χ0n) is 35.9. The lowest BCUT2D eigenvalue weighted by molar-refractivity contribution is -0.273. The Balaban J connectivity index is 1.23. The summed E-state index contributed by atoms with van der Waals surface area (Å²) >= 11 is 0. The van der Waals surface area contributed by atoms with E-state index in [4.69, 9.17) is 29.4 Å². The van der Waals surface area contributed by atoms with Crippen LogP contribution in [0.1, 0.15) is 125 Å². The Morgan fingerprint density at radius 2 is 0.915 bits per heavy atom. The third-order valence-corrected chi connectivity index (χ3v) is 11.4. The normalized spacial score (nSPS) is 19.9. The highest BCUT2D eigenvalue weighted by atomic mass is 16.6. The topological polar surface area (TPSA) is 72.2 Å². The van der Waals surface area contributed by atoms with Crippen molar-refractivity contribution < 1.29 is 23.7 Å². The highest BCUT2D eigenvalue weighted by Gasteiger charge is 2.48. The van der Waals surface area contributed by atoms with E-state index in [1.54, 1.807) is 0 Å². The second kappa shape index (κ2) is 28.8. The first kappa shape index (κ1) is 46.4. The molecule has 0 saturated carbocycles. The number of unbranched alkanes of at least 4 members (excludes halogenated alkanes) is 12. The summed E-state index contributed by atoms with van der Waals surface area (Å²) in [5, 5.41) is 0. The van der Waals surface area contributed by atoms with Gasteiger partial charge in [-0.3, -0.25) is 0 Å². The molecule has 0 unspecified atom stereocenters. The van der Waals surface area contributed by atoms with Gasteiger partial charge in [0.2, 0.25) is 0 Å². The van der Waals surface area contributed by atoms with Gasteiger partial charge in [-0.2, -0.15) is 0 Å². The van der Waals surface area contributed by atoms with Gasteiger partial charge in [0.15, 0.2) is 0 Å². The van der Waals surface area contributed by atoms with Crippen molar-refractivity contribution in [3.05, 3.63) is 156 Å². The van der Waals surface area contributed by atoms with Gasteiger partial charge in [0.05, 0.1) is 39.1 Å². The number of benzene rings is 4. The first-order valence-electron chi connectivity index (χ1n) is 22.9. The van der Waals surface area contributed by atoms with Crippen LogP contribution in [0, 0.1) is 0 Å². The molecule has 1 fully saturated rings. The van der Waals surface area contributed by atoms with Crippen LogP contribution in [-0.4, -0.2) is 43.2 Å². The summed E-state index contributed by atoms with van der Waals surface area (Å²) in [4.78, 5) is 0. The first-order valence-corrected chi connectivity index (χ1v) is 22.9. The van der Waals surface area contributed by atoms with E-state index >= 15 is 0 Å². The van der Waals surface area contributed by atoms with E-state index in [-0.39, 0.29) is 18.2 Å². The van der Waals surface area contributed by atoms with Crippen molar-refractivity contribution in [2.75, 3.05) is 6.61 Å². The minimum atomic E-state index is -0.448. The second-order valence-corrected chi connectivity index (χ2v) is 16.3. The Morgan fingerprint density at radius 3 is 1.39 bits per heavy atom. The molecule has 1 saturated heterocycles.